The summed E-state index contributed by atoms with van der Waals surface area (Å²) in [5.74, 6) is 1.04. The first-order valence-corrected chi connectivity index (χ1v) is 7.41. The molecule has 0 atom stereocenters. The van der Waals surface area contributed by atoms with E-state index in [0.717, 1.165) is 37.7 Å². The van der Waals surface area contributed by atoms with E-state index in [0.29, 0.717) is 0 Å². The second-order valence-electron chi connectivity index (χ2n) is 5.40. The predicted molar refractivity (Wildman–Crippen MR) is 86.6 cm³/mol. The zero-order chi connectivity index (χ0) is 14.1. The van der Waals surface area contributed by atoms with E-state index in [1.54, 1.807) is 0 Å². The third-order valence-electron chi connectivity index (χ3n) is 4.09. The van der Waals surface area contributed by atoms with Crippen LogP contribution in [-0.4, -0.2) is 36.4 Å². The molecule has 2 N–H and O–H groups in total. The van der Waals surface area contributed by atoms with Crippen molar-refractivity contribution in [1.29, 1.82) is 0 Å². The van der Waals surface area contributed by atoms with Crippen molar-refractivity contribution >= 4 is 16.6 Å². The lowest BCUT2D eigenvalue weighted by Gasteiger charge is -2.26. The molecule has 0 unspecified atom stereocenters. The number of fused-ring (bicyclic) bond motifs is 1. The van der Waals surface area contributed by atoms with Gasteiger partial charge in [0.1, 0.15) is 0 Å². The number of H-pyrrole nitrogens is 1. The van der Waals surface area contributed by atoms with Gasteiger partial charge >= 0.3 is 0 Å². The minimum Gasteiger partial charge on any atom is -0.353 e. The summed E-state index contributed by atoms with van der Waals surface area (Å²) < 4.78 is 0. The first kappa shape index (κ1) is 12.4. The Morgan fingerprint density at radius 3 is 2.67 bits per heavy atom. The minimum atomic E-state index is 1.01. The molecule has 2 aromatic carbocycles. The fraction of sp³-hybridized carbons (Fsp3) is 0.235. The fourth-order valence-electron chi connectivity index (χ4n) is 2.97. The number of rotatable bonds is 2. The Bertz CT molecular complexity index is 751. The highest BCUT2D eigenvalue weighted by Crippen LogP contribution is 2.29. The maximum absolute atomic E-state index is 4.50. The second-order valence-corrected chi connectivity index (χ2v) is 5.40. The summed E-state index contributed by atoms with van der Waals surface area (Å²) in [6.45, 7) is 4.08. The highest BCUT2D eigenvalue weighted by molar-refractivity contribution is 5.96. The molecular weight excluding hydrogens is 260 g/mol. The van der Waals surface area contributed by atoms with Gasteiger partial charge in [-0.15, -0.1) is 0 Å². The Labute approximate surface area is 123 Å². The van der Waals surface area contributed by atoms with Crippen LogP contribution in [0.4, 0.5) is 5.82 Å². The quantitative estimate of drug-likeness (QED) is 0.757. The van der Waals surface area contributed by atoms with Crippen molar-refractivity contribution in [2.75, 3.05) is 31.1 Å². The van der Waals surface area contributed by atoms with Crippen molar-refractivity contribution in [3.63, 3.8) is 0 Å². The number of nitrogens with zero attached hydrogens (tertiary/aromatic N) is 2. The molecule has 0 amide bonds. The van der Waals surface area contributed by atoms with E-state index >= 15 is 0 Å². The highest BCUT2D eigenvalue weighted by Gasteiger charge is 2.14. The molecule has 1 aromatic heterocycles. The highest BCUT2D eigenvalue weighted by atomic mass is 15.3. The summed E-state index contributed by atoms with van der Waals surface area (Å²) >= 11 is 0. The van der Waals surface area contributed by atoms with Gasteiger partial charge in [-0.2, -0.15) is 5.10 Å². The van der Waals surface area contributed by atoms with E-state index in [4.69, 9.17) is 0 Å². The molecule has 1 fully saturated rings. The summed E-state index contributed by atoms with van der Waals surface area (Å²) in [6.07, 6.45) is 0. The van der Waals surface area contributed by atoms with Crippen molar-refractivity contribution in [2.24, 2.45) is 0 Å². The molecule has 21 heavy (non-hydrogen) atoms. The summed E-state index contributed by atoms with van der Waals surface area (Å²) in [6, 6.07) is 17.0. The zero-order valence-electron chi connectivity index (χ0n) is 11.8. The first-order valence-electron chi connectivity index (χ1n) is 7.41. The van der Waals surface area contributed by atoms with Crippen LogP contribution >= 0.6 is 0 Å². The van der Waals surface area contributed by atoms with Crippen molar-refractivity contribution in [3.05, 3.63) is 48.5 Å². The molecular formula is C17H18N4. The molecule has 2 heterocycles. The summed E-state index contributed by atoms with van der Waals surface area (Å²) in [5, 5.41) is 13.6. The molecule has 0 radical (unpaired) electrons. The van der Waals surface area contributed by atoms with Crippen LogP contribution in [0.1, 0.15) is 0 Å². The number of benzene rings is 2. The van der Waals surface area contributed by atoms with Crippen LogP contribution in [0.2, 0.25) is 0 Å². The zero-order valence-corrected chi connectivity index (χ0v) is 11.8. The van der Waals surface area contributed by atoms with Crippen LogP contribution in [0, 0.1) is 0 Å². The lowest BCUT2D eigenvalue weighted by atomic mass is 10.0. The van der Waals surface area contributed by atoms with Gasteiger partial charge in [0.2, 0.25) is 0 Å². The van der Waals surface area contributed by atoms with Gasteiger partial charge in [0.15, 0.2) is 5.82 Å². The smallest absolute Gasteiger partial charge is 0.151 e. The molecule has 0 bridgehead atoms. The van der Waals surface area contributed by atoms with Gasteiger partial charge in [0.25, 0.3) is 0 Å². The Hall–Kier alpha value is -2.33. The standard InChI is InChI=1S/C17H18N4/c1-2-6-14-13(4-1)5-3-7-15(14)16-12-17(20-19-16)21-10-8-18-9-11-21/h1-7,12,18H,8-11H2,(H,19,20). The lowest BCUT2D eigenvalue weighted by Crippen LogP contribution is -2.43. The molecule has 4 heteroatoms. The average Bonchev–Trinajstić information content (AvgIpc) is 3.05. The topological polar surface area (TPSA) is 44.0 Å². The maximum Gasteiger partial charge on any atom is 0.151 e. The number of hydrogen-bond acceptors (Lipinski definition) is 3. The fourth-order valence-corrected chi connectivity index (χ4v) is 2.97. The van der Waals surface area contributed by atoms with Crippen molar-refractivity contribution < 1.29 is 0 Å². The summed E-state index contributed by atoms with van der Waals surface area (Å²) in [7, 11) is 0. The molecule has 0 aliphatic carbocycles. The van der Waals surface area contributed by atoms with Crippen LogP contribution in [0.3, 0.4) is 0 Å². The largest absolute Gasteiger partial charge is 0.353 e. The monoisotopic (exact) mass is 278 g/mol. The number of anilines is 1. The molecule has 4 nitrogen and oxygen atoms in total. The van der Waals surface area contributed by atoms with Gasteiger partial charge in [-0.3, -0.25) is 5.10 Å². The molecule has 1 saturated heterocycles. The van der Waals surface area contributed by atoms with E-state index in [1.807, 2.05) is 0 Å². The van der Waals surface area contributed by atoms with Crippen LogP contribution < -0.4 is 10.2 Å². The number of aromatic amines is 1. The molecule has 0 spiro atoms. The first-order chi connectivity index (χ1) is 10.4. The van der Waals surface area contributed by atoms with Crippen LogP contribution in [-0.2, 0) is 0 Å². The normalized spacial score (nSPS) is 15.5. The van der Waals surface area contributed by atoms with E-state index < -0.39 is 0 Å². The van der Waals surface area contributed by atoms with E-state index in [-0.39, 0.29) is 0 Å². The van der Waals surface area contributed by atoms with Crippen molar-refractivity contribution in [2.45, 2.75) is 0 Å². The van der Waals surface area contributed by atoms with Crippen LogP contribution in [0.25, 0.3) is 22.0 Å². The second kappa shape index (κ2) is 5.22. The van der Waals surface area contributed by atoms with E-state index in [9.17, 15) is 0 Å². The summed E-state index contributed by atoms with van der Waals surface area (Å²) in [4.78, 5) is 2.32. The van der Waals surface area contributed by atoms with Gasteiger partial charge in [0.05, 0.1) is 5.69 Å². The van der Waals surface area contributed by atoms with Gasteiger partial charge in [0, 0.05) is 37.8 Å². The van der Waals surface area contributed by atoms with Crippen molar-refractivity contribution in [3.8, 4) is 11.3 Å². The SMILES string of the molecule is c1ccc2c(-c3cc(N4CCNCC4)n[nH]3)cccc2c1. The molecule has 1 aliphatic heterocycles. The van der Waals surface area contributed by atoms with Gasteiger partial charge in [-0.25, -0.2) is 0 Å². The minimum absolute atomic E-state index is 1.01. The molecule has 4 rings (SSSR count). The Morgan fingerprint density at radius 1 is 0.952 bits per heavy atom. The maximum atomic E-state index is 4.50. The lowest BCUT2D eigenvalue weighted by molar-refractivity contribution is 0.584. The Kier molecular flexibility index (Phi) is 3.09. The average molecular weight is 278 g/mol. The Morgan fingerprint density at radius 2 is 1.76 bits per heavy atom. The van der Waals surface area contributed by atoms with Gasteiger partial charge in [-0.1, -0.05) is 42.5 Å². The van der Waals surface area contributed by atoms with E-state index in [2.05, 4.69) is 68.9 Å². The van der Waals surface area contributed by atoms with Crippen LogP contribution in [0.5, 0.6) is 0 Å². The molecule has 1 aliphatic rings. The third-order valence-corrected chi connectivity index (χ3v) is 4.09. The van der Waals surface area contributed by atoms with Crippen molar-refractivity contribution in [1.82, 2.24) is 15.5 Å². The van der Waals surface area contributed by atoms with Gasteiger partial charge in [-0.05, 0) is 10.8 Å². The Balaban J connectivity index is 1.74. The number of hydrogen-bond donors (Lipinski definition) is 2. The number of piperazine rings is 1. The summed E-state index contributed by atoms with van der Waals surface area (Å²) in [5.41, 5.74) is 2.29. The van der Waals surface area contributed by atoms with E-state index in [1.165, 1.54) is 16.3 Å². The number of nitrogens with one attached hydrogen (secondary N) is 2. The molecule has 0 saturated carbocycles. The number of aromatic nitrogens is 2. The molecule has 106 valence electrons. The van der Waals surface area contributed by atoms with Crippen LogP contribution in [0.15, 0.2) is 48.5 Å². The molecule has 3 aromatic rings. The third kappa shape index (κ3) is 2.28. The predicted octanol–water partition coefficient (Wildman–Crippen LogP) is 2.64. The van der Waals surface area contributed by atoms with Gasteiger partial charge < -0.3 is 10.2 Å².